The third-order valence-corrected chi connectivity index (χ3v) is 5.29. The van der Waals surface area contributed by atoms with Crippen LogP contribution in [0.1, 0.15) is 44.1 Å². The molecule has 0 atom stereocenters. The maximum atomic E-state index is 11.7. The molecule has 1 aliphatic carbocycles. The van der Waals surface area contributed by atoms with Crippen molar-refractivity contribution in [2.45, 2.75) is 49.5 Å². The molecule has 0 saturated heterocycles. The van der Waals surface area contributed by atoms with Crippen molar-refractivity contribution in [2.75, 3.05) is 11.9 Å². The fourth-order valence-electron chi connectivity index (χ4n) is 2.64. The van der Waals surface area contributed by atoms with Gasteiger partial charge in [-0.15, -0.1) is 0 Å². The summed E-state index contributed by atoms with van der Waals surface area (Å²) in [6.45, 7) is 0.123. The number of amides is 2. The van der Waals surface area contributed by atoms with Gasteiger partial charge in [-0.3, -0.25) is 4.79 Å². The normalized spacial score (nSPS) is 15.1. The van der Waals surface area contributed by atoms with Crippen molar-refractivity contribution in [3.8, 4) is 0 Å². The van der Waals surface area contributed by atoms with Gasteiger partial charge in [-0.25, -0.2) is 4.79 Å². The van der Waals surface area contributed by atoms with Crippen LogP contribution in [0.25, 0.3) is 0 Å². The van der Waals surface area contributed by atoms with Gasteiger partial charge in [-0.1, -0.05) is 31.4 Å². The Hall–Kier alpha value is -1.69. The highest BCUT2D eigenvalue weighted by Gasteiger charge is 2.13. The van der Waals surface area contributed by atoms with E-state index in [0.717, 1.165) is 16.7 Å². The molecule has 6 heteroatoms. The van der Waals surface area contributed by atoms with Gasteiger partial charge in [0.2, 0.25) is 0 Å². The lowest BCUT2D eigenvalue weighted by Crippen LogP contribution is -2.30. The van der Waals surface area contributed by atoms with E-state index in [1.54, 1.807) is 0 Å². The molecule has 0 bridgehead atoms. The number of urea groups is 1. The van der Waals surface area contributed by atoms with Gasteiger partial charge in [0.15, 0.2) is 0 Å². The smallest absolute Gasteiger partial charge is 0.319 e. The second-order valence-corrected chi connectivity index (χ2v) is 7.08. The van der Waals surface area contributed by atoms with Crippen LogP contribution in [-0.2, 0) is 10.5 Å². The zero-order chi connectivity index (χ0) is 16.5. The molecule has 3 N–H and O–H groups in total. The number of hydrogen-bond acceptors (Lipinski definition) is 3. The number of carbonyl (C=O) groups excluding carboxylic acids is 1. The first-order valence-corrected chi connectivity index (χ1v) is 9.15. The predicted molar refractivity (Wildman–Crippen MR) is 93.9 cm³/mol. The van der Waals surface area contributed by atoms with Crippen molar-refractivity contribution in [3.05, 3.63) is 29.8 Å². The summed E-state index contributed by atoms with van der Waals surface area (Å²) >= 11 is 2.00. The van der Waals surface area contributed by atoms with Crippen molar-refractivity contribution in [1.82, 2.24) is 5.32 Å². The second-order valence-electron chi connectivity index (χ2n) is 5.80. The van der Waals surface area contributed by atoms with Gasteiger partial charge >= 0.3 is 12.0 Å². The molecule has 0 aromatic heterocycles. The maximum absolute atomic E-state index is 11.7. The zero-order valence-corrected chi connectivity index (χ0v) is 14.0. The minimum Gasteiger partial charge on any atom is -0.481 e. The molecule has 1 aromatic rings. The Morgan fingerprint density at radius 2 is 2.00 bits per heavy atom. The van der Waals surface area contributed by atoms with Crippen LogP contribution in [0.4, 0.5) is 10.5 Å². The van der Waals surface area contributed by atoms with Crippen molar-refractivity contribution in [3.63, 3.8) is 0 Å². The summed E-state index contributed by atoms with van der Waals surface area (Å²) in [5, 5.41) is 14.6. The molecule has 0 unspecified atom stereocenters. The van der Waals surface area contributed by atoms with E-state index in [-0.39, 0.29) is 19.0 Å². The lowest BCUT2D eigenvalue weighted by atomic mass is 10.0. The Balaban J connectivity index is 1.77. The van der Waals surface area contributed by atoms with Crippen LogP contribution in [0.5, 0.6) is 0 Å². The van der Waals surface area contributed by atoms with E-state index in [9.17, 15) is 9.59 Å². The molecule has 2 amide bonds. The maximum Gasteiger partial charge on any atom is 0.319 e. The molecule has 0 heterocycles. The molecule has 5 nitrogen and oxygen atoms in total. The quantitative estimate of drug-likeness (QED) is 0.707. The van der Waals surface area contributed by atoms with Crippen LogP contribution in [0.2, 0.25) is 0 Å². The molecule has 1 saturated carbocycles. The van der Waals surface area contributed by atoms with Crippen LogP contribution in [0, 0.1) is 0 Å². The van der Waals surface area contributed by atoms with Gasteiger partial charge in [-0.05, 0) is 30.5 Å². The zero-order valence-electron chi connectivity index (χ0n) is 13.2. The van der Waals surface area contributed by atoms with Gasteiger partial charge in [0, 0.05) is 23.2 Å². The summed E-state index contributed by atoms with van der Waals surface area (Å²) in [4.78, 5) is 22.1. The Bertz CT molecular complexity index is 530. The highest BCUT2D eigenvalue weighted by atomic mass is 32.2. The monoisotopic (exact) mass is 336 g/mol. The second kappa shape index (κ2) is 9.45. The molecule has 23 heavy (non-hydrogen) atoms. The molecular formula is C17H24N2O3S. The number of carboxylic acids is 1. The summed E-state index contributed by atoms with van der Waals surface area (Å²) in [6, 6.07) is 7.45. The summed E-state index contributed by atoms with van der Waals surface area (Å²) in [6.07, 6.45) is 6.60. The predicted octanol–water partition coefficient (Wildman–Crippen LogP) is 3.85. The van der Waals surface area contributed by atoms with E-state index in [4.69, 9.17) is 5.11 Å². The number of hydrogen-bond donors (Lipinski definition) is 3. The molecule has 2 rings (SSSR count). The topological polar surface area (TPSA) is 78.4 Å². The summed E-state index contributed by atoms with van der Waals surface area (Å²) in [5.74, 6) is 0.0351. The summed E-state index contributed by atoms with van der Waals surface area (Å²) < 4.78 is 0. The van der Waals surface area contributed by atoms with Crippen LogP contribution in [0.3, 0.4) is 0 Å². The van der Waals surface area contributed by atoms with Crippen LogP contribution in [-0.4, -0.2) is 28.9 Å². The van der Waals surface area contributed by atoms with Crippen molar-refractivity contribution < 1.29 is 14.7 Å². The Morgan fingerprint density at radius 3 is 2.74 bits per heavy atom. The van der Waals surface area contributed by atoms with E-state index in [0.29, 0.717) is 0 Å². The number of carbonyl (C=O) groups is 2. The van der Waals surface area contributed by atoms with Crippen LogP contribution in [0.15, 0.2) is 24.3 Å². The number of rotatable bonds is 7. The van der Waals surface area contributed by atoms with E-state index < -0.39 is 5.97 Å². The molecule has 0 radical (unpaired) electrons. The van der Waals surface area contributed by atoms with Gasteiger partial charge < -0.3 is 15.7 Å². The minimum absolute atomic E-state index is 0.0779. The van der Waals surface area contributed by atoms with Gasteiger partial charge in [0.25, 0.3) is 0 Å². The van der Waals surface area contributed by atoms with E-state index >= 15 is 0 Å². The fraction of sp³-hybridized carbons (Fsp3) is 0.529. The Kier molecular flexibility index (Phi) is 7.26. The average Bonchev–Trinajstić information content (AvgIpc) is 2.54. The highest BCUT2D eigenvalue weighted by molar-refractivity contribution is 7.99. The number of aliphatic carboxylic acids is 1. The minimum atomic E-state index is -0.924. The highest BCUT2D eigenvalue weighted by Crippen LogP contribution is 2.30. The van der Waals surface area contributed by atoms with Gasteiger partial charge in [0.05, 0.1) is 6.42 Å². The Morgan fingerprint density at radius 1 is 1.22 bits per heavy atom. The van der Waals surface area contributed by atoms with E-state index in [1.807, 2.05) is 30.0 Å². The van der Waals surface area contributed by atoms with Crippen LogP contribution >= 0.6 is 11.8 Å². The van der Waals surface area contributed by atoms with Crippen molar-refractivity contribution in [1.29, 1.82) is 0 Å². The molecule has 1 aromatic carbocycles. The molecule has 0 aliphatic heterocycles. The van der Waals surface area contributed by atoms with E-state index in [2.05, 4.69) is 16.7 Å². The van der Waals surface area contributed by atoms with Gasteiger partial charge in [0.1, 0.15) is 0 Å². The number of carboxylic acid groups (broad SMARTS) is 1. The van der Waals surface area contributed by atoms with E-state index in [1.165, 1.54) is 37.7 Å². The molecule has 126 valence electrons. The standard InChI is InChI=1S/C17H24N2O3S/c20-16(21)9-10-18-17(22)19-14-6-4-5-13(11-14)12-23-15-7-2-1-3-8-15/h4-6,11,15H,1-3,7-10,12H2,(H,20,21)(H2,18,19,22). The first-order valence-electron chi connectivity index (χ1n) is 8.10. The summed E-state index contributed by atoms with van der Waals surface area (Å²) in [5.41, 5.74) is 1.93. The van der Waals surface area contributed by atoms with Crippen molar-refractivity contribution >= 4 is 29.4 Å². The largest absolute Gasteiger partial charge is 0.481 e. The van der Waals surface area contributed by atoms with Gasteiger partial charge in [-0.2, -0.15) is 11.8 Å². The fourth-order valence-corrected chi connectivity index (χ4v) is 3.92. The van der Waals surface area contributed by atoms with Crippen LogP contribution < -0.4 is 10.6 Å². The Labute approximate surface area is 141 Å². The van der Waals surface area contributed by atoms with Crippen molar-refractivity contribution in [2.24, 2.45) is 0 Å². The molecular weight excluding hydrogens is 312 g/mol. The lowest BCUT2D eigenvalue weighted by molar-refractivity contribution is -0.136. The third-order valence-electron chi connectivity index (χ3n) is 3.85. The summed E-state index contributed by atoms with van der Waals surface area (Å²) in [7, 11) is 0. The molecule has 1 fully saturated rings. The number of anilines is 1. The molecule has 1 aliphatic rings. The molecule has 0 spiro atoms. The first kappa shape index (κ1) is 17.7. The SMILES string of the molecule is O=C(O)CCNC(=O)Nc1cccc(CSC2CCCCC2)c1. The number of benzene rings is 1. The number of nitrogens with one attached hydrogen (secondary N) is 2. The lowest BCUT2D eigenvalue weighted by Gasteiger charge is -2.21. The third kappa shape index (κ3) is 6.95. The first-order chi connectivity index (χ1) is 11.1. The average molecular weight is 336 g/mol. The number of thioether (sulfide) groups is 1.